The molecule has 1 aromatic carbocycles. The number of hydrogen-bond donors (Lipinski definition) is 1. The number of nitrogens with zero attached hydrogens (tertiary/aromatic N) is 1. The molecule has 0 radical (unpaired) electrons. The minimum Gasteiger partial charge on any atom is -0.497 e. The lowest BCUT2D eigenvalue weighted by atomic mass is 10.1. The van der Waals surface area contributed by atoms with Crippen molar-refractivity contribution in [3.63, 3.8) is 0 Å². The van der Waals surface area contributed by atoms with E-state index >= 15 is 0 Å². The highest BCUT2D eigenvalue weighted by molar-refractivity contribution is 7.07. The molecule has 1 aromatic heterocycles. The molecule has 0 aliphatic carbocycles. The highest BCUT2D eigenvalue weighted by atomic mass is 32.1. The Morgan fingerprint density at radius 2 is 2.08 bits per heavy atom. The van der Waals surface area contributed by atoms with Crippen LogP contribution in [-0.2, 0) is 11.3 Å². The number of rotatable bonds is 7. The van der Waals surface area contributed by atoms with Gasteiger partial charge in [0, 0.05) is 35.7 Å². The molecule has 1 unspecified atom stereocenters. The Kier molecular flexibility index (Phi) is 6.03. The van der Waals surface area contributed by atoms with Gasteiger partial charge in [-0.05, 0) is 26.0 Å². The van der Waals surface area contributed by atoms with Crippen molar-refractivity contribution in [2.45, 2.75) is 32.9 Å². The molecule has 0 aliphatic heterocycles. The highest BCUT2D eigenvalue weighted by Crippen LogP contribution is 2.29. The first-order chi connectivity index (χ1) is 11.5. The van der Waals surface area contributed by atoms with Crippen molar-refractivity contribution >= 4 is 17.2 Å². The Hall–Kier alpha value is -2.28. The molecule has 0 bridgehead atoms. The van der Waals surface area contributed by atoms with Crippen LogP contribution in [0.15, 0.2) is 28.4 Å². The first-order valence-electron chi connectivity index (χ1n) is 7.62. The summed E-state index contributed by atoms with van der Waals surface area (Å²) >= 11 is 1.15. The van der Waals surface area contributed by atoms with Crippen molar-refractivity contribution < 1.29 is 14.3 Å². The second kappa shape index (κ2) is 8.01. The summed E-state index contributed by atoms with van der Waals surface area (Å²) in [6.45, 7) is 4.14. The summed E-state index contributed by atoms with van der Waals surface area (Å²) in [4.78, 5) is 23.8. The molecule has 0 fully saturated rings. The van der Waals surface area contributed by atoms with Gasteiger partial charge in [0.1, 0.15) is 11.5 Å². The Morgan fingerprint density at radius 1 is 1.33 bits per heavy atom. The van der Waals surface area contributed by atoms with Crippen molar-refractivity contribution in [3.8, 4) is 11.5 Å². The molecule has 0 aliphatic rings. The third-order valence-corrected chi connectivity index (χ3v) is 4.70. The van der Waals surface area contributed by atoms with Gasteiger partial charge in [-0.2, -0.15) is 0 Å². The van der Waals surface area contributed by atoms with E-state index in [0.29, 0.717) is 18.0 Å². The van der Waals surface area contributed by atoms with Crippen LogP contribution in [0.5, 0.6) is 11.5 Å². The molecule has 1 N–H and O–H groups in total. The van der Waals surface area contributed by atoms with E-state index in [-0.39, 0.29) is 23.2 Å². The number of benzene rings is 1. The molecular formula is C17H22N2O4S. The summed E-state index contributed by atoms with van der Waals surface area (Å²) in [5.74, 6) is 1.24. The molecule has 1 heterocycles. The van der Waals surface area contributed by atoms with E-state index < -0.39 is 0 Å². The minimum absolute atomic E-state index is 0.0369. The zero-order valence-electron chi connectivity index (χ0n) is 14.3. The predicted octanol–water partition coefficient (Wildman–Crippen LogP) is 2.50. The summed E-state index contributed by atoms with van der Waals surface area (Å²) in [6, 6.07) is 5.27. The number of methoxy groups -OCH3 is 2. The van der Waals surface area contributed by atoms with E-state index in [9.17, 15) is 9.59 Å². The van der Waals surface area contributed by atoms with Crippen LogP contribution in [0.25, 0.3) is 0 Å². The van der Waals surface area contributed by atoms with Crippen LogP contribution in [0.3, 0.4) is 0 Å². The molecule has 0 saturated carbocycles. The molecule has 1 atom stereocenters. The zero-order valence-corrected chi connectivity index (χ0v) is 15.1. The Labute approximate surface area is 145 Å². The Balaban J connectivity index is 2.00. The van der Waals surface area contributed by atoms with Gasteiger partial charge < -0.3 is 19.4 Å². The number of ether oxygens (including phenoxy) is 2. The van der Waals surface area contributed by atoms with Crippen LogP contribution < -0.4 is 19.7 Å². The fourth-order valence-electron chi connectivity index (χ4n) is 2.46. The van der Waals surface area contributed by atoms with Crippen molar-refractivity contribution in [2.75, 3.05) is 14.2 Å². The summed E-state index contributed by atoms with van der Waals surface area (Å²) in [6.07, 6.45) is 0.250. The maximum absolute atomic E-state index is 12.2. The number of nitrogens with one attached hydrogen (secondary N) is 1. The van der Waals surface area contributed by atoms with Gasteiger partial charge in [0.05, 0.1) is 20.3 Å². The van der Waals surface area contributed by atoms with E-state index in [2.05, 4.69) is 5.32 Å². The molecule has 1 amide bonds. The average molecular weight is 350 g/mol. The summed E-state index contributed by atoms with van der Waals surface area (Å²) in [7, 11) is 3.17. The molecule has 6 nitrogen and oxygen atoms in total. The maximum atomic E-state index is 12.2. The normalized spacial score (nSPS) is 11.8. The van der Waals surface area contributed by atoms with Gasteiger partial charge in [-0.25, -0.2) is 0 Å². The number of amides is 1. The molecule has 0 saturated heterocycles. The van der Waals surface area contributed by atoms with E-state index in [1.165, 1.54) is 0 Å². The lowest BCUT2D eigenvalue weighted by Crippen LogP contribution is -2.29. The quantitative estimate of drug-likeness (QED) is 0.833. The summed E-state index contributed by atoms with van der Waals surface area (Å²) in [5, 5.41) is 4.73. The predicted molar refractivity (Wildman–Crippen MR) is 94.0 cm³/mol. The van der Waals surface area contributed by atoms with Gasteiger partial charge >= 0.3 is 4.87 Å². The van der Waals surface area contributed by atoms with E-state index in [1.54, 1.807) is 30.2 Å². The van der Waals surface area contributed by atoms with E-state index in [0.717, 1.165) is 22.6 Å². The van der Waals surface area contributed by atoms with Gasteiger partial charge in [-0.15, -0.1) is 0 Å². The van der Waals surface area contributed by atoms with Crippen LogP contribution in [0, 0.1) is 6.92 Å². The molecule has 2 aromatic rings. The van der Waals surface area contributed by atoms with Gasteiger partial charge in [0.25, 0.3) is 0 Å². The second-order valence-corrected chi connectivity index (χ2v) is 6.26. The van der Waals surface area contributed by atoms with Gasteiger partial charge in [0.15, 0.2) is 0 Å². The summed E-state index contributed by atoms with van der Waals surface area (Å²) < 4.78 is 12.2. The standard InChI is InChI=1S/C17H22N2O4S/c1-11-10-24-17(21)19(11)8-7-16(20)18-12(2)14-6-5-13(22-3)9-15(14)23-4/h5-6,9-10,12H,7-8H2,1-4H3,(H,18,20). The molecular weight excluding hydrogens is 328 g/mol. The first-order valence-corrected chi connectivity index (χ1v) is 8.50. The van der Waals surface area contributed by atoms with Crippen LogP contribution in [0.4, 0.5) is 0 Å². The topological polar surface area (TPSA) is 69.6 Å². The largest absolute Gasteiger partial charge is 0.497 e. The number of aromatic nitrogens is 1. The molecule has 130 valence electrons. The lowest BCUT2D eigenvalue weighted by molar-refractivity contribution is -0.121. The fourth-order valence-corrected chi connectivity index (χ4v) is 3.22. The van der Waals surface area contributed by atoms with Crippen LogP contribution in [0.1, 0.15) is 30.6 Å². The van der Waals surface area contributed by atoms with Crippen LogP contribution in [0.2, 0.25) is 0 Å². The fraction of sp³-hybridized carbons (Fsp3) is 0.412. The highest BCUT2D eigenvalue weighted by Gasteiger charge is 2.15. The minimum atomic E-state index is -0.210. The van der Waals surface area contributed by atoms with Gasteiger partial charge in [0.2, 0.25) is 5.91 Å². The van der Waals surface area contributed by atoms with Gasteiger partial charge in [-0.3, -0.25) is 9.59 Å². The van der Waals surface area contributed by atoms with Crippen LogP contribution in [-0.4, -0.2) is 24.7 Å². The number of hydrogen-bond acceptors (Lipinski definition) is 5. The molecule has 2 rings (SSSR count). The average Bonchev–Trinajstić information content (AvgIpc) is 2.90. The SMILES string of the molecule is COc1ccc(C(C)NC(=O)CCn2c(C)csc2=O)c(OC)c1. The third-order valence-electron chi connectivity index (χ3n) is 3.82. The van der Waals surface area contributed by atoms with Crippen LogP contribution >= 0.6 is 11.3 Å². The maximum Gasteiger partial charge on any atom is 0.307 e. The molecule has 7 heteroatoms. The number of thiazole rings is 1. The van der Waals surface area contributed by atoms with Gasteiger partial charge in [-0.1, -0.05) is 11.3 Å². The van der Waals surface area contributed by atoms with E-state index in [4.69, 9.17) is 9.47 Å². The summed E-state index contributed by atoms with van der Waals surface area (Å²) in [5.41, 5.74) is 1.75. The Morgan fingerprint density at radius 3 is 2.67 bits per heavy atom. The lowest BCUT2D eigenvalue weighted by Gasteiger charge is -2.18. The monoisotopic (exact) mass is 350 g/mol. The second-order valence-electron chi connectivity index (χ2n) is 5.44. The van der Waals surface area contributed by atoms with Crippen molar-refractivity contribution in [1.29, 1.82) is 0 Å². The molecule has 0 spiro atoms. The van der Waals surface area contributed by atoms with Crippen molar-refractivity contribution in [3.05, 3.63) is 44.5 Å². The van der Waals surface area contributed by atoms with Crippen molar-refractivity contribution in [2.24, 2.45) is 0 Å². The third kappa shape index (κ3) is 4.17. The zero-order chi connectivity index (χ0) is 17.7. The van der Waals surface area contributed by atoms with Crippen molar-refractivity contribution in [1.82, 2.24) is 9.88 Å². The first kappa shape index (κ1) is 18.1. The van der Waals surface area contributed by atoms with E-state index in [1.807, 2.05) is 26.0 Å². The number of carbonyl (C=O) groups is 1. The number of carbonyl (C=O) groups excluding carboxylic acids is 1. The smallest absolute Gasteiger partial charge is 0.307 e. The Bertz CT molecular complexity index is 766. The number of aryl methyl sites for hydroxylation is 1. The molecule has 24 heavy (non-hydrogen) atoms.